The zero-order valence-corrected chi connectivity index (χ0v) is 13.9. The van der Waals surface area contributed by atoms with Crippen LogP contribution in [0.15, 0.2) is 30.3 Å². The van der Waals surface area contributed by atoms with Gasteiger partial charge in [-0.05, 0) is 31.9 Å². The number of para-hydroxylation sites is 1. The van der Waals surface area contributed by atoms with Gasteiger partial charge in [0.25, 0.3) is 0 Å². The lowest BCUT2D eigenvalue weighted by atomic mass is 9.56. The fourth-order valence-electron chi connectivity index (χ4n) is 4.05. The molecule has 2 bridgehead atoms. The Bertz CT molecular complexity index is 696. The lowest BCUT2D eigenvalue weighted by molar-refractivity contribution is -0.196. The van der Waals surface area contributed by atoms with Crippen molar-refractivity contribution < 1.29 is 19.1 Å². The molecule has 1 aliphatic heterocycles. The predicted molar refractivity (Wildman–Crippen MR) is 84.5 cm³/mol. The summed E-state index contributed by atoms with van der Waals surface area (Å²) < 4.78 is 5.00. The van der Waals surface area contributed by atoms with Gasteiger partial charge in [0.1, 0.15) is 0 Å². The highest BCUT2D eigenvalue weighted by Gasteiger charge is 2.75. The molecule has 2 atom stereocenters. The summed E-state index contributed by atoms with van der Waals surface area (Å²) in [6.07, 6.45) is 0.802. The van der Waals surface area contributed by atoms with Gasteiger partial charge < -0.3 is 9.64 Å². The second-order valence-corrected chi connectivity index (χ2v) is 7.24. The van der Waals surface area contributed by atoms with Crippen LogP contribution in [0.5, 0.6) is 0 Å². The van der Waals surface area contributed by atoms with E-state index in [4.69, 9.17) is 4.74 Å². The van der Waals surface area contributed by atoms with Gasteiger partial charge in [-0.3, -0.25) is 14.4 Å². The molecule has 1 saturated carbocycles. The van der Waals surface area contributed by atoms with Crippen LogP contribution < -0.4 is 4.90 Å². The second-order valence-electron chi connectivity index (χ2n) is 7.24. The van der Waals surface area contributed by atoms with E-state index in [1.807, 2.05) is 44.2 Å². The number of cyclic esters (lactones) is 2. The molecule has 0 aromatic heterocycles. The first kappa shape index (κ1) is 15.7. The van der Waals surface area contributed by atoms with Gasteiger partial charge >= 0.3 is 11.9 Å². The number of amides is 1. The molecule has 5 nitrogen and oxygen atoms in total. The Kier molecular flexibility index (Phi) is 3.19. The monoisotopic (exact) mass is 315 g/mol. The maximum absolute atomic E-state index is 13.3. The van der Waals surface area contributed by atoms with Gasteiger partial charge in [0.2, 0.25) is 5.91 Å². The minimum atomic E-state index is -1.32. The Balaban J connectivity index is 2.09. The molecule has 1 saturated heterocycles. The third-order valence-electron chi connectivity index (χ3n) is 6.24. The second kappa shape index (κ2) is 4.66. The van der Waals surface area contributed by atoms with E-state index in [0.29, 0.717) is 18.5 Å². The normalized spacial score (nSPS) is 31.7. The number of esters is 2. The van der Waals surface area contributed by atoms with Crippen molar-refractivity contribution in [2.75, 3.05) is 11.9 Å². The molecular weight excluding hydrogens is 294 g/mol. The summed E-state index contributed by atoms with van der Waals surface area (Å²) in [5, 5.41) is 0. The van der Waals surface area contributed by atoms with E-state index < -0.39 is 28.2 Å². The molecule has 5 heteroatoms. The first-order valence-electron chi connectivity index (χ1n) is 7.78. The maximum Gasteiger partial charge on any atom is 0.329 e. The largest absolute Gasteiger partial charge is 0.392 e. The lowest BCUT2D eigenvalue weighted by Crippen LogP contribution is -2.62. The molecule has 2 aliphatic rings. The third kappa shape index (κ3) is 1.70. The number of benzene rings is 1. The summed E-state index contributed by atoms with van der Waals surface area (Å²) in [7, 11) is 1.65. The van der Waals surface area contributed by atoms with E-state index >= 15 is 0 Å². The molecule has 3 rings (SSSR count). The summed E-state index contributed by atoms with van der Waals surface area (Å²) in [5.74, 6) is -1.54. The number of rotatable bonds is 2. The fourth-order valence-corrected chi connectivity index (χ4v) is 4.05. The Labute approximate surface area is 135 Å². The number of carbonyl (C=O) groups excluding carboxylic acids is 3. The van der Waals surface area contributed by atoms with Gasteiger partial charge in [-0.15, -0.1) is 0 Å². The topological polar surface area (TPSA) is 63.7 Å². The molecule has 122 valence electrons. The minimum Gasteiger partial charge on any atom is -0.392 e. The minimum absolute atomic E-state index is 0.310. The lowest BCUT2D eigenvalue weighted by Gasteiger charge is -2.49. The van der Waals surface area contributed by atoms with Crippen LogP contribution in [0.1, 0.15) is 33.6 Å². The van der Waals surface area contributed by atoms with Crippen LogP contribution >= 0.6 is 0 Å². The summed E-state index contributed by atoms with van der Waals surface area (Å²) in [5.41, 5.74) is -2.23. The zero-order valence-electron chi connectivity index (χ0n) is 13.9. The van der Waals surface area contributed by atoms with Gasteiger partial charge in [0.05, 0.1) is 5.41 Å². The Morgan fingerprint density at radius 1 is 1.04 bits per heavy atom. The van der Waals surface area contributed by atoms with Gasteiger partial charge in [-0.2, -0.15) is 0 Å². The van der Waals surface area contributed by atoms with Crippen molar-refractivity contribution in [1.29, 1.82) is 0 Å². The number of nitrogens with zero attached hydrogens (tertiary/aromatic N) is 1. The van der Waals surface area contributed by atoms with E-state index in [9.17, 15) is 14.4 Å². The quantitative estimate of drug-likeness (QED) is 0.621. The van der Waals surface area contributed by atoms with Gasteiger partial charge in [0.15, 0.2) is 5.41 Å². The van der Waals surface area contributed by atoms with Crippen LogP contribution in [0.4, 0.5) is 5.69 Å². The molecule has 1 amide bonds. The number of hydrogen-bond acceptors (Lipinski definition) is 4. The summed E-state index contributed by atoms with van der Waals surface area (Å²) in [4.78, 5) is 39.6. The average molecular weight is 315 g/mol. The van der Waals surface area contributed by atoms with Gasteiger partial charge in [-0.1, -0.05) is 32.0 Å². The molecule has 1 aromatic carbocycles. The standard InChI is InChI=1S/C18H21NO4/c1-16(2)17(3)10-11-18(16,15(22)23-14(17)21)13(20)19(4)12-8-6-5-7-9-12/h5-9H,10-11H2,1-4H3. The van der Waals surface area contributed by atoms with Crippen molar-refractivity contribution in [3.05, 3.63) is 30.3 Å². The van der Waals surface area contributed by atoms with Crippen molar-refractivity contribution in [2.24, 2.45) is 16.2 Å². The molecule has 1 heterocycles. The van der Waals surface area contributed by atoms with Crippen LogP contribution in [0.2, 0.25) is 0 Å². The van der Waals surface area contributed by atoms with E-state index in [0.717, 1.165) is 0 Å². The molecule has 1 aromatic rings. The van der Waals surface area contributed by atoms with Crippen LogP contribution in [0.3, 0.4) is 0 Å². The van der Waals surface area contributed by atoms with Crippen LogP contribution in [-0.4, -0.2) is 24.9 Å². The van der Waals surface area contributed by atoms with Crippen LogP contribution in [-0.2, 0) is 19.1 Å². The Morgan fingerprint density at radius 3 is 2.26 bits per heavy atom. The molecule has 23 heavy (non-hydrogen) atoms. The van der Waals surface area contributed by atoms with Crippen molar-refractivity contribution in [1.82, 2.24) is 0 Å². The number of anilines is 1. The van der Waals surface area contributed by atoms with Crippen LogP contribution in [0, 0.1) is 16.2 Å². The molecule has 0 radical (unpaired) electrons. The molecule has 0 spiro atoms. The van der Waals surface area contributed by atoms with Crippen molar-refractivity contribution in [3.8, 4) is 0 Å². The van der Waals surface area contributed by atoms with Crippen molar-refractivity contribution >= 4 is 23.5 Å². The van der Waals surface area contributed by atoms with Crippen molar-refractivity contribution in [3.63, 3.8) is 0 Å². The molecule has 0 N–H and O–H groups in total. The molecular formula is C18H21NO4. The molecule has 1 aliphatic carbocycles. The summed E-state index contributed by atoms with van der Waals surface area (Å²) >= 11 is 0. The Morgan fingerprint density at radius 2 is 1.65 bits per heavy atom. The van der Waals surface area contributed by atoms with Crippen molar-refractivity contribution in [2.45, 2.75) is 33.6 Å². The first-order valence-corrected chi connectivity index (χ1v) is 7.78. The van der Waals surface area contributed by atoms with E-state index in [-0.39, 0.29) is 5.91 Å². The highest BCUT2D eigenvalue weighted by Crippen LogP contribution is 2.66. The van der Waals surface area contributed by atoms with E-state index in [2.05, 4.69) is 0 Å². The number of hydrogen-bond donors (Lipinski definition) is 0. The first-order chi connectivity index (χ1) is 10.7. The van der Waals surface area contributed by atoms with Crippen LogP contribution in [0.25, 0.3) is 0 Å². The highest BCUT2D eigenvalue weighted by molar-refractivity contribution is 6.15. The highest BCUT2D eigenvalue weighted by atomic mass is 16.6. The predicted octanol–water partition coefficient (Wildman–Crippen LogP) is 2.55. The third-order valence-corrected chi connectivity index (χ3v) is 6.24. The molecule has 2 fully saturated rings. The zero-order chi connectivity index (χ0) is 17.0. The smallest absolute Gasteiger partial charge is 0.329 e. The fraction of sp³-hybridized carbons (Fsp3) is 0.500. The summed E-state index contributed by atoms with van der Waals surface area (Å²) in [6.45, 7) is 5.45. The van der Waals surface area contributed by atoms with Gasteiger partial charge in [-0.25, -0.2) is 0 Å². The number of ether oxygens (including phenoxy) is 1. The molecule has 2 unspecified atom stereocenters. The number of fused-ring (bicyclic) bond motifs is 2. The van der Waals surface area contributed by atoms with E-state index in [1.54, 1.807) is 14.0 Å². The van der Waals surface area contributed by atoms with E-state index in [1.165, 1.54) is 4.90 Å². The Hall–Kier alpha value is -2.17. The number of carbonyl (C=O) groups is 3. The summed E-state index contributed by atoms with van der Waals surface area (Å²) in [6, 6.07) is 9.17. The maximum atomic E-state index is 13.3. The SMILES string of the molecule is CN(C(=O)C12CCC(C)(C(=O)OC1=O)C2(C)C)c1ccccc1. The van der Waals surface area contributed by atoms with Gasteiger partial charge in [0, 0.05) is 18.2 Å². The average Bonchev–Trinajstić information content (AvgIpc) is 2.68.